The predicted octanol–water partition coefficient (Wildman–Crippen LogP) is 3.06. The van der Waals surface area contributed by atoms with Crippen LogP contribution >= 0.6 is 0 Å². The highest BCUT2D eigenvalue weighted by atomic mass is 16.5. The minimum Gasteiger partial charge on any atom is -0.494 e. The smallest absolute Gasteiger partial charge is 0.307 e. The van der Waals surface area contributed by atoms with E-state index in [2.05, 4.69) is 0 Å². The molecule has 1 aliphatic heterocycles. The molecule has 1 aliphatic rings. The maximum Gasteiger partial charge on any atom is 0.307 e. The topological polar surface area (TPSA) is 65.1 Å². The molecule has 0 bridgehead atoms. The molecule has 1 fully saturated rings. The van der Waals surface area contributed by atoms with Gasteiger partial charge in [0, 0.05) is 25.8 Å². The van der Waals surface area contributed by atoms with E-state index >= 15 is 0 Å². The quantitative estimate of drug-likeness (QED) is 0.464. The summed E-state index contributed by atoms with van der Waals surface area (Å²) < 4.78 is 16.0. The molecule has 6 heteroatoms. The molecule has 0 aliphatic carbocycles. The van der Waals surface area contributed by atoms with E-state index in [4.69, 9.17) is 14.2 Å². The second-order valence-corrected chi connectivity index (χ2v) is 6.31. The first kappa shape index (κ1) is 21.0. The van der Waals surface area contributed by atoms with Crippen molar-refractivity contribution in [3.63, 3.8) is 0 Å². The summed E-state index contributed by atoms with van der Waals surface area (Å²) in [6.07, 6.45) is 5.47. The number of nitrogens with zero attached hydrogens (tertiary/aromatic N) is 1. The van der Waals surface area contributed by atoms with E-state index in [1.165, 1.54) is 6.08 Å². The summed E-state index contributed by atoms with van der Waals surface area (Å²) in [5.41, 5.74) is 0.911. The first-order valence-corrected chi connectivity index (χ1v) is 9.59. The molecular formula is C21H29NO5. The Hall–Kier alpha value is -2.34. The fourth-order valence-corrected chi connectivity index (χ4v) is 2.90. The summed E-state index contributed by atoms with van der Waals surface area (Å²) in [7, 11) is 0. The molecule has 1 amide bonds. The number of carbonyl (C=O) groups excluding carboxylic acids is 2. The number of carbonyl (C=O) groups is 2. The van der Waals surface area contributed by atoms with Gasteiger partial charge in [-0.2, -0.15) is 0 Å². The minimum absolute atomic E-state index is 0.0371. The average molecular weight is 375 g/mol. The number of hydrogen-bond donors (Lipinski definition) is 0. The van der Waals surface area contributed by atoms with E-state index in [1.807, 2.05) is 31.2 Å². The number of hydrogen-bond acceptors (Lipinski definition) is 5. The highest BCUT2D eigenvalue weighted by molar-refractivity contribution is 5.92. The molecular weight excluding hydrogens is 346 g/mol. The van der Waals surface area contributed by atoms with Crippen LogP contribution in [-0.4, -0.2) is 55.8 Å². The fraction of sp³-hybridized carbons (Fsp3) is 0.524. The molecule has 0 N–H and O–H groups in total. The first-order valence-electron chi connectivity index (χ1n) is 9.59. The van der Waals surface area contributed by atoms with Gasteiger partial charge in [0.25, 0.3) is 0 Å². The largest absolute Gasteiger partial charge is 0.494 e. The Bertz CT molecular complexity index is 620. The number of benzene rings is 1. The number of ether oxygens (including phenoxy) is 3. The van der Waals surface area contributed by atoms with Gasteiger partial charge in [0.2, 0.25) is 5.91 Å². The van der Waals surface area contributed by atoms with Crippen LogP contribution in [0.15, 0.2) is 30.3 Å². The zero-order valence-electron chi connectivity index (χ0n) is 16.2. The van der Waals surface area contributed by atoms with E-state index in [9.17, 15) is 9.59 Å². The molecule has 1 aromatic carbocycles. The molecule has 27 heavy (non-hydrogen) atoms. The molecule has 2 rings (SSSR count). The van der Waals surface area contributed by atoms with Crippen LogP contribution in [0, 0.1) is 0 Å². The van der Waals surface area contributed by atoms with Gasteiger partial charge in [-0.1, -0.05) is 12.1 Å². The molecule has 148 valence electrons. The van der Waals surface area contributed by atoms with Gasteiger partial charge in [0.1, 0.15) is 5.75 Å². The third kappa shape index (κ3) is 7.43. The van der Waals surface area contributed by atoms with Gasteiger partial charge in [-0.05, 0) is 50.5 Å². The maximum atomic E-state index is 12.7. The van der Waals surface area contributed by atoms with Gasteiger partial charge in [-0.25, -0.2) is 0 Å². The van der Waals surface area contributed by atoms with Crippen molar-refractivity contribution in [2.45, 2.75) is 39.2 Å². The van der Waals surface area contributed by atoms with Gasteiger partial charge in [-0.15, -0.1) is 0 Å². The van der Waals surface area contributed by atoms with Crippen LogP contribution in [0.2, 0.25) is 0 Å². The van der Waals surface area contributed by atoms with Crippen molar-refractivity contribution < 1.29 is 23.8 Å². The van der Waals surface area contributed by atoms with Crippen molar-refractivity contribution in [1.82, 2.24) is 4.90 Å². The number of rotatable bonds is 10. The van der Waals surface area contributed by atoms with Gasteiger partial charge >= 0.3 is 5.97 Å². The predicted molar refractivity (Wildman–Crippen MR) is 103 cm³/mol. The van der Waals surface area contributed by atoms with Gasteiger partial charge < -0.3 is 19.1 Å². The maximum absolute atomic E-state index is 12.7. The van der Waals surface area contributed by atoms with E-state index in [1.54, 1.807) is 17.9 Å². The summed E-state index contributed by atoms with van der Waals surface area (Å²) in [6.45, 7) is 6.21. The monoisotopic (exact) mass is 375 g/mol. The average Bonchev–Trinajstić information content (AvgIpc) is 3.18. The van der Waals surface area contributed by atoms with Crippen LogP contribution in [0.5, 0.6) is 5.75 Å². The zero-order chi connectivity index (χ0) is 19.5. The molecule has 1 unspecified atom stereocenters. The highest BCUT2D eigenvalue weighted by Crippen LogP contribution is 2.15. The lowest BCUT2D eigenvalue weighted by molar-refractivity contribution is -0.144. The summed E-state index contributed by atoms with van der Waals surface area (Å²) in [5.74, 6) is 0.372. The molecule has 1 heterocycles. The Balaban J connectivity index is 1.96. The standard InChI is InChI=1S/C21H29NO5/c1-3-25-18-10-7-17(8-11-18)9-12-20(23)22(14-13-21(24)26-4-2)16-19-6-5-15-27-19/h7-12,19H,3-6,13-16H2,1-2H3/b12-9+. The molecule has 0 saturated carbocycles. The number of esters is 1. The summed E-state index contributed by atoms with van der Waals surface area (Å²) in [5, 5.41) is 0. The molecule has 0 radical (unpaired) electrons. The van der Waals surface area contributed by atoms with Crippen molar-refractivity contribution in [3.05, 3.63) is 35.9 Å². The van der Waals surface area contributed by atoms with Crippen LogP contribution in [-0.2, 0) is 19.1 Å². The van der Waals surface area contributed by atoms with E-state index in [0.29, 0.717) is 26.3 Å². The zero-order valence-corrected chi connectivity index (χ0v) is 16.2. The van der Waals surface area contributed by atoms with Crippen molar-refractivity contribution in [2.24, 2.45) is 0 Å². The lowest BCUT2D eigenvalue weighted by Gasteiger charge is -2.24. The fourth-order valence-electron chi connectivity index (χ4n) is 2.90. The highest BCUT2D eigenvalue weighted by Gasteiger charge is 2.22. The van der Waals surface area contributed by atoms with Crippen molar-refractivity contribution in [2.75, 3.05) is 32.9 Å². The lowest BCUT2D eigenvalue weighted by atomic mass is 10.2. The van der Waals surface area contributed by atoms with Crippen molar-refractivity contribution in [1.29, 1.82) is 0 Å². The third-order valence-corrected chi connectivity index (χ3v) is 4.26. The molecule has 0 spiro atoms. The second-order valence-electron chi connectivity index (χ2n) is 6.31. The third-order valence-electron chi connectivity index (χ3n) is 4.26. The summed E-state index contributed by atoms with van der Waals surface area (Å²) in [4.78, 5) is 26.0. The van der Waals surface area contributed by atoms with Crippen LogP contribution in [0.3, 0.4) is 0 Å². The van der Waals surface area contributed by atoms with Gasteiger partial charge in [0.15, 0.2) is 0 Å². The normalized spacial score (nSPS) is 16.4. The Morgan fingerprint density at radius 1 is 1.22 bits per heavy atom. The minimum atomic E-state index is -0.293. The molecule has 1 saturated heterocycles. The van der Waals surface area contributed by atoms with Crippen LogP contribution in [0.4, 0.5) is 0 Å². The SMILES string of the molecule is CCOC(=O)CCN(CC1CCCO1)C(=O)/C=C/c1ccc(OCC)cc1. The van der Waals surface area contributed by atoms with E-state index in [-0.39, 0.29) is 24.4 Å². The molecule has 1 aromatic rings. The van der Waals surface area contributed by atoms with Gasteiger partial charge in [-0.3, -0.25) is 9.59 Å². The molecule has 6 nitrogen and oxygen atoms in total. The van der Waals surface area contributed by atoms with Crippen LogP contribution in [0.25, 0.3) is 6.08 Å². The van der Waals surface area contributed by atoms with Crippen molar-refractivity contribution in [3.8, 4) is 5.75 Å². The van der Waals surface area contributed by atoms with Crippen LogP contribution in [0.1, 0.15) is 38.7 Å². The van der Waals surface area contributed by atoms with E-state index in [0.717, 1.165) is 30.8 Å². The Morgan fingerprint density at radius 2 is 2.00 bits per heavy atom. The van der Waals surface area contributed by atoms with Crippen molar-refractivity contribution >= 4 is 18.0 Å². The summed E-state index contributed by atoms with van der Waals surface area (Å²) >= 11 is 0. The number of amides is 1. The Labute approximate surface area is 161 Å². The van der Waals surface area contributed by atoms with Crippen LogP contribution < -0.4 is 4.74 Å². The van der Waals surface area contributed by atoms with E-state index < -0.39 is 0 Å². The lowest BCUT2D eigenvalue weighted by Crippen LogP contribution is -2.38. The summed E-state index contributed by atoms with van der Waals surface area (Å²) in [6, 6.07) is 7.55. The Morgan fingerprint density at radius 3 is 2.63 bits per heavy atom. The van der Waals surface area contributed by atoms with Gasteiger partial charge in [0.05, 0.1) is 25.7 Å². The first-order chi connectivity index (χ1) is 13.1. The second kappa shape index (κ2) is 11.4. The molecule has 0 aromatic heterocycles. The Kier molecular flexibility index (Phi) is 8.84. The molecule has 1 atom stereocenters.